The Hall–Kier alpha value is -3.02. The lowest BCUT2D eigenvalue weighted by Crippen LogP contribution is -2.12. The number of anilines is 1. The molecule has 1 fully saturated rings. The number of aromatic nitrogens is 2. The molecule has 1 amide bonds. The van der Waals surface area contributed by atoms with E-state index >= 15 is 0 Å². The predicted molar refractivity (Wildman–Crippen MR) is 100 cm³/mol. The van der Waals surface area contributed by atoms with Gasteiger partial charge in [-0.05, 0) is 49.6 Å². The van der Waals surface area contributed by atoms with Gasteiger partial charge in [0, 0.05) is 22.7 Å². The second-order valence-corrected chi connectivity index (χ2v) is 6.93. The molecule has 0 aliphatic heterocycles. The molecule has 0 bridgehead atoms. The number of hydrogen-bond donors (Lipinski definition) is 1. The maximum atomic E-state index is 13.6. The van der Waals surface area contributed by atoms with Gasteiger partial charge in [-0.1, -0.05) is 36.2 Å². The van der Waals surface area contributed by atoms with Crippen molar-refractivity contribution in [2.45, 2.75) is 38.5 Å². The van der Waals surface area contributed by atoms with Gasteiger partial charge in [0.15, 0.2) is 0 Å². The molecule has 1 aromatic heterocycles. The van der Waals surface area contributed by atoms with E-state index in [1.807, 2.05) is 0 Å². The van der Waals surface area contributed by atoms with Gasteiger partial charge in [-0.15, -0.1) is 0 Å². The van der Waals surface area contributed by atoms with Crippen LogP contribution in [-0.4, -0.2) is 16.0 Å². The van der Waals surface area contributed by atoms with Gasteiger partial charge in [-0.25, -0.2) is 4.39 Å². The zero-order valence-corrected chi connectivity index (χ0v) is 15.0. The molecule has 138 valence electrons. The molecule has 0 saturated heterocycles. The third-order valence-corrected chi connectivity index (χ3v) is 4.98. The average molecular weight is 365 g/mol. The smallest absolute Gasteiger partial charge is 0.255 e. The number of halogens is 1. The van der Waals surface area contributed by atoms with Crippen molar-refractivity contribution in [3.8, 4) is 11.4 Å². The Kier molecular flexibility index (Phi) is 4.71. The molecule has 6 heteroatoms. The Labute approximate surface area is 156 Å². The molecule has 27 heavy (non-hydrogen) atoms. The first-order chi connectivity index (χ1) is 13.1. The number of hydrogen-bond acceptors (Lipinski definition) is 4. The largest absolute Gasteiger partial charge is 0.339 e. The van der Waals surface area contributed by atoms with E-state index in [0.717, 1.165) is 18.4 Å². The third kappa shape index (κ3) is 3.74. The summed E-state index contributed by atoms with van der Waals surface area (Å²) in [5.74, 6) is 0.948. The molecule has 1 aliphatic carbocycles. The van der Waals surface area contributed by atoms with Crippen LogP contribution in [0.3, 0.4) is 0 Å². The Morgan fingerprint density at radius 1 is 1.15 bits per heavy atom. The van der Waals surface area contributed by atoms with Crippen LogP contribution < -0.4 is 5.32 Å². The molecular formula is C21H20FN3O2. The van der Waals surface area contributed by atoms with Crippen molar-refractivity contribution in [3.05, 3.63) is 65.3 Å². The van der Waals surface area contributed by atoms with E-state index in [9.17, 15) is 9.18 Å². The molecule has 1 aliphatic rings. The van der Waals surface area contributed by atoms with Crippen LogP contribution >= 0.6 is 0 Å². The zero-order valence-electron chi connectivity index (χ0n) is 15.0. The van der Waals surface area contributed by atoms with Crippen molar-refractivity contribution in [1.29, 1.82) is 0 Å². The lowest BCUT2D eigenvalue weighted by molar-refractivity contribution is 0.102. The van der Waals surface area contributed by atoms with Crippen LogP contribution in [0.25, 0.3) is 11.4 Å². The molecule has 0 radical (unpaired) electrons. The fourth-order valence-electron chi connectivity index (χ4n) is 3.34. The summed E-state index contributed by atoms with van der Waals surface area (Å²) in [6, 6.07) is 11.6. The summed E-state index contributed by atoms with van der Waals surface area (Å²) in [6.45, 7) is 1.68. The van der Waals surface area contributed by atoms with Gasteiger partial charge in [-0.2, -0.15) is 4.98 Å². The van der Waals surface area contributed by atoms with Crippen molar-refractivity contribution >= 4 is 11.6 Å². The molecule has 3 aromatic rings. The summed E-state index contributed by atoms with van der Waals surface area (Å²) in [5.41, 5.74) is 2.22. The predicted octanol–water partition coefficient (Wildman–Crippen LogP) is 5.09. The SMILES string of the molecule is Cc1ccc(NC(=O)c2ccc(-c3noc(C4CCCC4)n3)cc2)cc1F. The van der Waals surface area contributed by atoms with Crippen LogP contribution in [0.4, 0.5) is 10.1 Å². The number of benzene rings is 2. The molecular weight excluding hydrogens is 345 g/mol. The molecule has 1 heterocycles. The number of amides is 1. The first-order valence-corrected chi connectivity index (χ1v) is 9.12. The first kappa shape index (κ1) is 17.4. The zero-order chi connectivity index (χ0) is 18.8. The van der Waals surface area contributed by atoms with Gasteiger partial charge >= 0.3 is 0 Å². The number of aryl methyl sites for hydroxylation is 1. The van der Waals surface area contributed by atoms with Crippen LogP contribution in [0.5, 0.6) is 0 Å². The lowest BCUT2D eigenvalue weighted by atomic mass is 10.1. The number of nitrogens with zero attached hydrogens (tertiary/aromatic N) is 2. The van der Waals surface area contributed by atoms with E-state index in [1.54, 1.807) is 43.3 Å². The van der Waals surface area contributed by atoms with Crippen LogP contribution in [0, 0.1) is 12.7 Å². The Balaban J connectivity index is 1.46. The lowest BCUT2D eigenvalue weighted by Gasteiger charge is -2.07. The summed E-state index contributed by atoms with van der Waals surface area (Å²) in [6.07, 6.45) is 4.61. The minimum atomic E-state index is -0.349. The summed E-state index contributed by atoms with van der Waals surface area (Å²) >= 11 is 0. The second kappa shape index (κ2) is 7.31. The highest BCUT2D eigenvalue weighted by molar-refractivity contribution is 6.04. The van der Waals surface area contributed by atoms with E-state index in [2.05, 4.69) is 15.5 Å². The molecule has 0 spiro atoms. The summed E-state index contributed by atoms with van der Waals surface area (Å²) in [4.78, 5) is 16.9. The molecule has 0 atom stereocenters. The molecule has 4 rings (SSSR count). The van der Waals surface area contributed by atoms with E-state index in [0.29, 0.717) is 34.4 Å². The highest BCUT2D eigenvalue weighted by Crippen LogP contribution is 2.33. The number of carbonyl (C=O) groups is 1. The minimum absolute atomic E-state index is 0.301. The van der Waals surface area contributed by atoms with Crippen molar-refractivity contribution in [2.24, 2.45) is 0 Å². The van der Waals surface area contributed by atoms with Crippen LogP contribution in [0.15, 0.2) is 47.0 Å². The van der Waals surface area contributed by atoms with Gasteiger partial charge in [0.1, 0.15) is 5.82 Å². The van der Waals surface area contributed by atoms with Crippen LogP contribution in [0.1, 0.15) is 53.4 Å². The highest BCUT2D eigenvalue weighted by atomic mass is 19.1. The monoisotopic (exact) mass is 365 g/mol. The number of rotatable bonds is 4. The van der Waals surface area contributed by atoms with E-state index in [-0.39, 0.29) is 11.7 Å². The van der Waals surface area contributed by atoms with E-state index in [4.69, 9.17) is 4.52 Å². The van der Waals surface area contributed by atoms with Gasteiger partial charge in [0.25, 0.3) is 5.91 Å². The van der Waals surface area contributed by atoms with Crippen molar-refractivity contribution < 1.29 is 13.7 Å². The standard InChI is InChI=1S/C21H20FN3O2/c1-13-6-11-17(12-18(13)22)23-20(26)15-9-7-14(8-10-15)19-24-21(27-25-19)16-4-2-3-5-16/h6-12,16H,2-5H2,1H3,(H,23,26). The van der Waals surface area contributed by atoms with Crippen LogP contribution in [0.2, 0.25) is 0 Å². The van der Waals surface area contributed by atoms with E-state index in [1.165, 1.54) is 18.9 Å². The van der Waals surface area contributed by atoms with Gasteiger partial charge in [0.05, 0.1) is 0 Å². The van der Waals surface area contributed by atoms with Crippen LogP contribution in [-0.2, 0) is 0 Å². The van der Waals surface area contributed by atoms with Crippen molar-refractivity contribution in [2.75, 3.05) is 5.32 Å². The minimum Gasteiger partial charge on any atom is -0.339 e. The van der Waals surface area contributed by atoms with Crippen molar-refractivity contribution in [3.63, 3.8) is 0 Å². The van der Waals surface area contributed by atoms with Gasteiger partial charge < -0.3 is 9.84 Å². The average Bonchev–Trinajstić information content (AvgIpc) is 3.36. The molecule has 1 saturated carbocycles. The Bertz CT molecular complexity index is 960. The molecule has 0 unspecified atom stereocenters. The Morgan fingerprint density at radius 3 is 2.59 bits per heavy atom. The molecule has 1 N–H and O–H groups in total. The Morgan fingerprint density at radius 2 is 1.89 bits per heavy atom. The number of carbonyl (C=O) groups excluding carboxylic acids is 1. The summed E-state index contributed by atoms with van der Waals surface area (Å²) < 4.78 is 19.0. The molecule has 2 aromatic carbocycles. The quantitative estimate of drug-likeness (QED) is 0.699. The van der Waals surface area contributed by atoms with E-state index < -0.39 is 0 Å². The molecule has 5 nitrogen and oxygen atoms in total. The third-order valence-electron chi connectivity index (χ3n) is 4.98. The van der Waals surface area contributed by atoms with Gasteiger partial charge in [0.2, 0.25) is 11.7 Å². The summed E-state index contributed by atoms with van der Waals surface area (Å²) in [7, 11) is 0. The van der Waals surface area contributed by atoms with Gasteiger partial charge in [-0.3, -0.25) is 4.79 Å². The first-order valence-electron chi connectivity index (χ1n) is 9.12. The second-order valence-electron chi connectivity index (χ2n) is 6.93. The van der Waals surface area contributed by atoms with Crippen molar-refractivity contribution in [1.82, 2.24) is 10.1 Å². The maximum absolute atomic E-state index is 13.6. The highest BCUT2D eigenvalue weighted by Gasteiger charge is 2.23. The topological polar surface area (TPSA) is 68.0 Å². The summed E-state index contributed by atoms with van der Waals surface area (Å²) in [5, 5.41) is 6.76. The normalized spacial score (nSPS) is 14.4. The fourth-order valence-corrected chi connectivity index (χ4v) is 3.34. The fraction of sp³-hybridized carbons (Fsp3) is 0.286. The number of nitrogens with one attached hydrogen (secondary N) is 1. The maximum Gasteiger partial charge on any atom is 0.255 e.